The summed E-state index contributed by atoms with van der Waals surface area (Å²) < 4.78 is 12.7. The molecule has 0 bridgehead atoms. The molecule has 1 aliphatic carbocycles. The van der Waals surface area contributed by atoms with E-state index in [4.69, 9.17) is 9.47 Å². The highest BCUT2D eigenvalue weighted by atomic mass is 16.5. The number of ketones is 1. The highest BCUT2D eigenvalue weighted by Crippen LogP contribution is 2.43. The van der Waals surface area contributed by atoms with Gasteiger partial charge in [-0.15, -0.1) is 0 Å². The summed E-state index contributed by atoms with van der Waals surface area (Å²) in [5.41, 5.74) is 3.47. The number of nitrogens with one attached hydrogen (secondary N) is 1. The van der Waals surface area contributed by atoms with Crippen molar-refractivity contribution < 1.29 is 14.3 Å². The molecule has 1 heterocycles. The Hall–Kier alpha value is -4.06. The summed E-state index contributed by atoms with van der Waals surface area (Å²) in [7, 11) is 3.04. The van der Waals surface area contributed by atoms with Crippen molar-refractivity contribution in [3.05, 3.63) is 88.2 Å². The van der Waals surface area contributed by atoms with Crippen molar-refractivity contribution in [2.24, 2.45) is 0 Å². The van der Waals surface area contributed by atoms with Gasteiger partial charge in [-0.2, -0.15) is 0 Å². The molecule has 0 spiro atoms. The first kappa shape index (κ1) is 20.8. The predicted octanol–water partition coefficient (Wildman–Crippen LogP) is 4.73. The van der Waals surface area contributed by atoms with E-state index in [1.54, 1.807) is 16.7 Å². The number of methoxy groups -OCH3 is 2. The zero-order valence-corrected chi connectivity index (χ0v) is 18.6. The first-order valence-electron chi connectivity index (χ1n) is 10.9. The van der Waals surface area contributed by atoms with Crippen molar-refractivity contribution >= 4 is 22.2 Å². The molecule has 0 amide bonds. The molecule has 6 nitrogen and oxygen atoms in total. The van der Waals surface area contributed by atoms with Gasteiger partial charge in [-0.05, 0) is 30.7 Å². The zero-order chi connectivity index (χ0) is 22.9. The van der Waals surface area contributed by atoms with Crippen LogP contribution in [0.3, 0.4) is 0 Å². The molecule has 0 radical (unpaired) electrons. The third-order valence-electron chi connectivity index (χ3n) is 6.10. The van der Waals surface area contributed by atoms with E-state index in [0.29, 0.717) is 58.6 Å². The minimum atomic E-state index is -0.191. The number of nitrogens with zero attached hydrogens (tertiary/aromatic N) is 1. The van der Waals surface area contributed by atoms with Crippen LogP contribution in [0.15, 0.2) is 71.5 Å². The Kier molecular flexibility index (Phi) is 5.34. The monoisotopic (exact) mass is 440 g/mol. The zero-order valence-electron chi connectivity index (χ0n) is 18.6. The number of ether oxygens (including phenoxy) is 2. The number of pyridine rings is 1. The Morgan fingerprint density at radius 1 is 0.848 bits per heavy atom. The number of fused-ring (bicyclic) bond motifs is 5. The average molecular weight is 440 g/mol. The number of aromatic nitrogens is 1. The molecular weight excluding hydrogens is 416 g/mol. The summed E-state index contributed by atoms with van der Waals surface area (Å²) in [6, 6.07) is 20.9. The van der Waals surface area contributed by atoms with Crippen LogP contribution in [-0.4, -0.2) is 31.1 Å². The topological polar surface area (TPSA) is 69.6 Å². The van der Waals surface area contributed by atoms with E-state index in [0.717, 1.165) is 11.3 Å². The van der Waals surface area contributed by atoms with Gasteiger partial charge in [0.15, 0.2) is 17.3 Å². The van der Waals surface area contributed by atoms with Gasteiger partial charge in [-0.1, -0.05) is 42.5 Å². The van der Waals surface area contributed by atoms with Crippen molar-refractivity contribution in [1.82, 2.24) is 4.57 Å². The molecule has 1 aliphatic rings. The van der Waals surface area contributed by atoms with Crippen molar-refractivity contribution in [3.8, 4) is 22.8 Å². The fourth-order valence-corrected chi connectivity index (χ4v) is 4.62. The molecule has 3 aromatic carbocycles. The van der Waals surface area contributed by atoms with Crippen molar-refractivity contribution in [2.45, 2.75) is 13.0 Å². The standard InChI is InChI=1S/C27H24N2O4/c1-32-21-14-13-20-22-24(18-11-6-7-12-19(18)25(22)30)29(27(31)23(20)26(21)33-2)16-8-15-28-17-9-4-3-5-10-17/h3-7,9-14,28H,8,15-16H2,1-2H3. The van der Waals surface area contributed by atoms with Crippen molar-refractivity contribution in [3.63, 3.8) is 0 Å². The predicted molar refractivity (Wildman–Crippen MR) is 130 cm³/mol. The van der Waals surface area contributed by atoms with E-state index in [1.165, 1.54) is 14.2 Å². The summed E-state index contributed by atoms with van der Waals surface area (Å²) in [5.74, 6) is 0.735. The Bertz CT molecular complexity index is 1420. The van der Waals surface area contributed by atoms with Gasteiger partial charge in [0.25, 0.3) is 5.56 Å². The molecule has 0 saturated carbocycles. The number of hydrogen-bond donors (Lipinski definition) is 1. The minimum Gasteiger partial charge on any atom is -0.493 e. The summed E-state index contributed by atoms with van der Waals surface area (Å²) in [6.07, 6.45) is 0.704. The Balaban J connectivity index is 1.65. The quantitative estimate of drug-likeness (QED) is 0.371. The van der Waals surface area contributed by atoms with Crippen LogP contribution in [0.25, 0.3) is 22.0 Å². The molecule has 1 aromatic heterocycles. The van der Waals surface area contributed by atoms with Gasteiger partial charge >= 0.3 is 0 Å². The first-order chi connectivity index (χ1) is 16.2. The van der Waals surface area contributed by atoms with Crippen molar-refractivity contribution in [1.29, 1.82) is 0 Å². The maximum absolute atomic E-state index is 13.8. The Labute approximate surface area is 191 Å². The van der Waals surface area contributed by atoms with Gasteiger partial charge in [0, 0.05) is 35.3 Å². The Morgan fingerprint density at radius 2 is 1.58 bits per heavy atom. The van der Waals surface area contributed by atoms with Gasteiger partial charge in [0.2, 0.25) is 0 Å². The molecule has 1 N–H and O–H groups in total. The highest BCUT2D eigenvalue weighted by Gasteiger charge is 2.33. The van der Waals surface area contributed by atoms with E-state index in [-0.39, 0.29) is 11.3 Å². The second-order valence-electron chi connectivity index (χ2n) is 7.93. The largest absolute Gasteiger partial charge is 0.493 e. The summed E-state index contributed by atoms with van der Waals surface area (Å²) >= 11 is 0. The number of benzene rings is 3. The van der Waals surface area contributed by atoms with Crippen LogP contribution < -0.4 is 20.3 Å². The summed E-state index contributed by atoms with van der Waals surface area (Å²) in [6.45, 7) is 1.15. The van der Waals surface area contributed by atoms with E-state index in [9.17, 15) is 9.59 Å². The SMILES string of the molecule is COc1ccc2c3c(n(CCCNc4ccccc4)c(=O)c2c1OC)-c1ccccc1C3=O. The van der Waals surface area contributed by atoms with E-state index >= 15 is 0 Å². The first-order valence-corrected chi connectivity index (χ1v) is 10.9. The van der Waals surface area contributed by atoms with E-state index in [1.807, 2.05) is 54.6 Å². The third kappa shape index (κ3) is 3.35. The lowest BCUT2D eigenvalue weighted by Crippen LogP contribution is -2.25. The lowest BCUT2D eigenvalue weighted by atomic mass is 10.0. The molecule has 33 heavy (non-hydrogen) atoms. The highest BCUT2D eigenvalue weighted by molar-refractivity contribution is 6.27. The van der Waals surface area contributed by atoms with Crippen LogP contribution >= 0.6 is 0 Å². The number of anilines is 1. The molecule has 0 atom stereocenters. The maximum atomic E-state index is 13.8. The van der Waals surface area contributed by atoms with Gasteiger partial charge in [0.1, 0.15) is 0 Å². The van der Waals surface area contributed by atoms with Gasteiger partial charge in [0.05, 0.1) is 30.9 Å². The van der Waals surface area contributed by atoms with Crippen LogP contribution in [-0.2, 0) is 6.54 Å². The molecule has 0 saturated heterocycles. The third-order valence-corrected chi connectivity index (χ3v) is 6.10. The normalized spacial score (nSPS) is 11.9. The van der Waals surface area contributed by atoms with Crippen molar-refractivity contribution in [2.75, 3.05) is 26.1 Å². The Morgan fingerprint density at radius 3 is 2.30 bits per heavy atom. The number of para-hydroxylation sites is 1. The molecule has 5 rings (SSSR count). The second kappa shape index (κ2) is 8.47. The fourth-order valence-electron chi connectivity index (χ4n) is 4.62. The lowest BCUT2D eigenvalue weighted by molar-refractivity contribution is 0.104. The van der Waals surface area contributed by atoms with Gasteiger partial charge < -0.3 is 19.4 Å². The van der Waals surface area contributed by atoms with Gasteiger partial charge in [-0.25, -0.2) is 0 Å². The van der Waals surface area contributed by atoms with Gasteiger partial charge in [-0.3, -0.25) is 9.59 Å². The molecule has 0 aliphatic heterocycles. The fraction of sp³-hybridized carbons (Fsp3) is 0.185. The lowest BCUT2D eigenvalue weighted by Gasteiger charge is -2.18. The number of carbonyl (C=O) groups is 1. The van der Waals surface area contributed by atoms with Crippen LogP contribution in [0.1, 0.15) is 22.3 Å². The molecule has 0 fully saturated rings. The minimum absolute atomic E-state index is 0.0750. The smallest absolute Gasteiger partial charge is 0.262 e. The van der Waals surface area contributed by atoms with Crippen LogP contribution in [0.4, 0.5) is 5.69 Å². The van der Waals surface area contributed by atoms with Crippen LogP contribution in [0.5, 0.6) is 11.5 Å². The van der Waals surface area contributed by atoms with Crippen LogP contribution in [0, 0.1) is 0 Å². The van der Waals surface area contributed by atoms with Crippen LogP contribution in [0.2, 0.25) is 0 Å². The van der Waals surface area contributed by atoms with E-state index in [2.05, 4.69) is 5.32 Å². The molecule has 4 aromatic rings. The summed E-state index contributed by atoms with van der Waals surface area (Å²) in [5, 5.41) is 4.34. The van der Waals surface area contributed by atoms with E-state index < -0.39 is 0 Å². The second-order valence-corrected chi connectivity index (χ2v) is 7.93. The molecule has 166 valence electrons. The maximum Gasteiger partial charge on any atom is 0.262 e. The molecule has 0 unspecified atom stereocenters. The summed E-state index contributed by atoms with van der Waals surface area (Å²) in [4.78, 5) is 27.2. The number of hydrogen-bond acceptors (Lipinski definition) is 5. The molecule has 6 heteroatoms. The number of carbonyl (C=O) groups excluding carboxylic acids is 1. The average Bonchev–Trinajstić information content (AvgIpc) is 3.15. The molecular formula is C27H24N2O4. The number of rotatable bonds is 7.